The van der Waals surface area contributed by atoms with Gasteiger partial charge in [-0.2, -0.15) is 0 Å². The van der Waals surface area contributed by atoms with Crippen LogP contribution in [0.3, 0.4) is 0 Å². The molecule has 0 spiro atoms. The number of aryl methyl sites for hydroxylation is 1. The molecular formula is C17H17N3O3S3. The summed E-state index contributed by atoms with van der Waals surface area (Å²) in [6.07, 6.45) is 0. The summed E-state index contributed by atoms with van der Waals surface area (Å²) >= 11 is 2.90. The molecule has 0 atom stereocenters. The summed E-state index contributed by atoms with van der Waals surface area (Å²) in [6, 6.07) is 8.40. The van der Waals surface area contributed by atoms with Crippen molar-refractivity contribution in [2.24, 2.45) is 0 Å². The van der Waals surface area contributed by atoms with Gasteiger partial charge in [0.2, 0.25) is 10.0 Å². The Morgan fingerprint density at radius 2 is 2.04 bits per heavy atom. The molecule has 136 valence electrons. The molecule has 0 aliphatic carbocycles. The van der Waals surface area contributed by atoms with Gasteiger partial charge < -0.3 is 0 Å². The first-order valence-electron chi connectivity index (χ1n) is 7.82. The molecule has 2 N–H and O–H groups in total. The first kappa shape index (κ1) is 18.7. The molecule has 1 aromatic carbocycles. The second-order valence-electron chi connectivity index (χ2n) is 5.45. The number of sulfonamides is 1. The van der Waals surface area contributed by atoms with Crippen molar-refractivity contribution in [3.8, 4) is 10.6 Å². The number of thiazole rings is 1. The van der Waals surface area contributed by atoms with Gasteiger partial charge in [-0.3, -0.25) is 10.1 Å². The van der Waals surface area contributed by atoms with Crippen LogP contribution in [0.4, 0.5) is 5.13 Å². The van der Waals surface area contributed by atoms with E-state index in [1.54, 1.807) is 31.3 Å². The van der Waals surface area contributed by atoms with Gasteiger partial charge in [0, 0.05) is 17.5 Å². The highest BCUT2D eigenvalue weighted by molar-refractivity contribution is 7.89. The molecule has 1 amide bonds. The number of hydrogen-bond acceptors (Lipinski definition) is 6. The Labute approximate surface area is 160 Å². The van der Waals surface area contributed by atoms with E-state index in [0.29, 0.717) is 16.3 Å². The van der Waals surface area contributed by atoms with E-state index >= 15 is 0 Å². The molecule has 0 radical (unpaired) electrons. The van der Waals surface area contributed by atoms with Crippen LogP contribution in [0.2, 0.25) is 0 Å². The van der Waals surface area contributed by atoms with Gasteiger partial charge in [0.25, 0.3) is 5.91 Å². The number of carbonyl (C=O) groups excluding carboxylic acids is 1. The highest BCUT2D eigenvalue weighted by Crippen LogP contribution is 2.28. The molecule has 0 aliphatic heterocycles. The fourth-order valence-corrected chi connectivity index (χ4v) is 4.85. The number of benzene rings is 1. The highest BCUT2D eigenvalue weighted by atomic mass is 32.2. The monoisotopic (exact) mass is 407 g/mol. The van der Waals surface area contributed by atoms with E-state index in [1.165, 1.54) is 23.5 Å². The zero-order valence-electron chi connectivity index (χ0n) is 14.1. The first-order valence-corrected chi connectivity index (χ1v) is 11.1. The Bertz CT molecular complexity index is 1020. The van der Waals surface area contributed by atoms with E-state index in [0.717, 1.165) is 10.6 Å². The summed E-state index contributed by atoms with van der Waals surface area (Å²) in [7, 11) is -3.62. The van der Waals surface area contributed by atoms with Gasteiger partial charge in [-0.05, 0) is 36.1 Å². The minimum absolute atomic E-state index is 0.0634. The van der Waals surface area contributed by atoms with Crippen LogP contribution in [0.25, 0.3) is 10.6 Å². The number of aromatic nitrogens is 1. The Morgan fingerprint density at radius 1 is 1.23 bits per heavy atom. The third-order valence-electron chi connectivity index (χ3n) is 3.60. The maximum Gasteiger partial charge on any atom is 0.257 e. The van der Waals surface area contributed by atoms with Gasteiger partial charge >= 0.3 is 0 Å². The summed E-state index contributed by atoms with van der Waals surface area (Å²) in [6.45, 7) is 3.74. The number of anilines is 1. The quantitative estimate of drug-likeness (QED) is 0.652. The normalized spacial score (nSPS) is 11.5. The standard InChI is InChI=1S/C17H17N3O3S3/c1-3-18-26(22,23)12-7-6-11(2)13(9-12)16(21)20-17-19-14(10-25-17)15-5-4-8-24-15/h4-10,18H,3H2,1-2H3,(H,19,20,21). The Balaban J connectivity index is 1.84. The smallest absolute Gasteiger partial charge is 0.257 e. The molecular weight excluding hydrogens is 390 g/mol. The summed E-state index contributed by atoms with van der Waals surface area (Å²) in [5, 5.41) is 7.06. The van der Waals surface area contributed by atoms with Crippen molar-refractivity contribution in [2.75, 3.05) is 11.9 Å². The molecule has 0 unspecified atom stereocenters. The lowest BCUT2D eigenvalue weighted by Crippen LogP contribution is -2.24. The van der Waals surface area contributed by atoms with Gasteiger partial charge in [-0.15, -0.1) is 22.7 Å². The number of hydrogen-bond donors (Lipinski definition) is 2. The van der Waals surface area contributed by atoms with Crippen molar-refractivity contribution in [3.05, 3.63) is 52.2 Å². The predicted octanol–water partition coefficient (Wildman–Crippen LogP) is 3.73. The Morgan fingerprint density at radius 3 is 2.73 bits per heavy atom. The lowest BCUT2D eigenvalue weighted by Gasteiger charge is -2.09. The fraction of sp³-hybridized carbons (Fsp3) is 0.176. The molecule has 0 saturated carbocycles. The number of rotatable bonds is 6. The van der Waals surface area contributed by atoms with Gasteiger partial charge in [0.15, 0.2) is 5.13 Å². The van der Waals surface area contributed by atoms with E-state index in [4.69, 9.17) is 0 Å². The topological polar surface area (TPSA) is 88.2 Å². The van der Waals surface area contributed by atoms with Crippen LogP contribution in [-0.4, -0.2) is 25.9 Å². The number of amides is 1. The number of nitrogens with one attached hydrogen (secondary N) is 2. The summed E-state index contributed by atoms with van der Waals surface area (Å²) < 4.78 is 26.7. The van der Waals surface area contributed by atoms with Crippen LogP contribution in [0.1, 0.15) is 22.8 Å². The third kappa shape index (κ3) is 4.01. The summed E-state index contributed by atoms with van der Waals surface area (Å²) in [5.41, 5.74) is 1.80. The minimum atomic E-state index is -3.62. The van der Waals surface area contributed by atoms with Crippen molar-refractivity contribution in [1.29, 1.82) is 0 Å². The van der Waals surface area contributed by atoms with E-state index in [1.807, 2.05) is 22.9 Å². The van der Waals surface area contributed by atoms with E-state index in [2.05, 4.69) is 15.0 Å². The lowest BCUT2D eigenvalue weighted by molar-refractivity contribution is 0.102. The van der Waals surface area contributed by atoms with Gasteiger partial charge in [-0.1, -0.05) is 19.1 Å². The largest absolute Gasteiger partial charge is 0.298 e. The average molecular weight is 408 g/mol. The van der Waals surface area contributed by atoms with Crippen LogP contribution < -0.4 is 10.0 Å². The highest BCUT2D eigenvalue weighted by Gasteiger charge is 2.18. The van der Waals surface area contributed by atoms with Crippen LogP contribution in [0, 0.1) is 6.92 Å². The molecule has 0 saturated heterocycles. The van der Waals surface area contributed by atoms with E-state index in [-0.39, 0.29) is 17.3 Å². The van der Waals surface area contributed by atoms with Crippen molar-refractivity contribution in [2.45, 2.75) is 18.7 Å². The molecule has 3 rings (SSSR count). The zero-order valence-corrected chi connectivity index (χ0v) is 16.6. The minimum Gasteiger partial charge on any atom is -0.298 e. The van der Waals surface area contributed by atoms with Crippen LogP contribution in [0.5, 0.6) is 0 Å². The average Bonchev–Trinajstić information content (AvgIpc) is 3.26. The predicted molar refractivity (Wildman–Crippen MR) is 105 cm³/mol. The maximum atomic E-state index is 12.6. The van der Waals surface area contributed by atoms with E-state index < -0.39 is 10.0 Å². The number of carbonyl (C=O) groups is 1. The van der Waals surface area contributed by atoms with Crippen LogP contribution in [0.15, 0.2) is 46.0 Å². The van der Waals surface area contributed by atoms with Crippen molar-refractivity contribution in [3.63, 3.8) is 0 Å². The second-order valence-corrected chi connectivity index (χ2v) is 9.02. The molecule has 6 nitrogen and oxygen atoms in total. The van der Waals surface area contributed by atoms with Gasteiger partial charge in [-0.25, -0.2) is 18.1 Å². The van der Waals surface area contributed by atoms with Crippen LogP contribution in [-0.2, 0) is 10.0 Å². The fourth-order valence-electron chi connectivity index (χ4n) is 2.32. The number of nitrogens with zero attached hydrogens (tertiary/aromatic N) is 1. The molecule has 0 aliphatic rings. The molecule has 3 aromatic rings. The van der Waals surface area contributed by atoms with Gasteiger partial charge in [0.05, 0.1) is 15.5 Å². The lowest BCUT2D eigenvalue weighted by atomic mass is 10.1. The van der Waals surface area contributed by atoms with Crippen molar-refractivity contribution >= 4 is 43.7 Å². The third-order valence-corrected chi connectivity index (χ3v) is 6.79. The first-order chi connectivity index (χ1) is 12.4. The molecule has 0 bridgehead atoms. The second kappa shape index (κ2) is 7.67. The maximum absolute atomic E-state index is 12.6. The van der Waals surface area contributed by atoms with Gasteiger partial charge in [0.1, 0.15) is 0 Å². The summed E-state index contributed by atoms with van der Waals surface area (Å²) in [4.78, 5) is 18.1. The molecule has 2 heterocycles. The summed E-state index contributed by atoms with van der Waals surface area (Å²) in [5.74, 6) is -0.386. The molecule has 26 heavy (non-hydrogen) atoms. The van der Waals surface area contributed by atoms with E-state index in [9.17, 15) is 13.2 Å². The Hall–Kier alpha value is -2.07. The molecule has 0 fully saturated rings. The Kier molecular flexibility index (Phi) is 5.52. The van der Waals surface area contributed by atoms with Crippen molar-refractivity contribution in [1.82, 2.24) is 9.71 Å². The molecule has 9 heteroatoms. The van der Waals surface area contributed by atoms with Crippen molar-refractivity contribution < 1.29 is 13.2 Å². The van der Waals surface area contributed by atoms with Crippen LogP contribution >= 0.6 is 22.7 Å². The zero-order chi connectivity index (χ0) is 18.7. The number of thiophene rings is 1. The molecule has 2 aromatic heterocycles. The SMILES string of the molecule is CCNS(=O)(=O)c1ccc(C)c(C(=O)Nc2nc(-c3cccs3)cs2)c1.